The molecular weight excluding hydrogens is 289 g/mol. The Balaban J connectivity index is 2.49. The molecule has 3 N–H and O–H groups in total. The molecule has 0 aliphatic heterocycles. The minimum atomic E-state index is -4.69. The quantitative estimate of drug-likeness (QED) is 0.708. The standard InChI is InChI=1S/C12H7F3N4O2/c13-12(14,15)5-2-1-3-6-9(5)11(21)19-8(17-6)4-7(18-19)10(16)20/h1-4,18H,(H2,16,20). The van der Waals surface area contributed by atoms with Gasteiger partial charge < -0.3 is 5.73 Å². The van der Waals surface area contributed by atoms with Gasteiger partial charge in [0.2, 0.25) is 0 Å². The summed E-state index contributed by atoms with van der Waals surface area (Å²) in [6.07, 6.45) is -4.69. The van der Waals surface area contributed by atoms with Crippen LogP contribution in [0.15, 0.2) is 29.1 Å². The second-order valence-electron chi connectivity index (χ2n) is 4.34. The fourth-order valence-corrected chi connectivity index (χ4v) is 2.10. The molecule has 0 aliphatic carbocycles. The highest BCUT2D eigenvalue weighted by molar-refractivity contribution is 5.92. The Morgan fingerprint density at radius 3 is 2.67 bits per heavy atom. The Bertz CT molecular complexity index is 939. The third-order valence-corrected chi connectivity index (χ3v) is 3.00. The summed E-state index contributed by atoms with van der Waals surface area (Å²) in [5.41, 5.74) is 2.81. The molecule has 9 heteroatoms. The van der Waals surface area contributed by atoms with Crippen molar-refractivity contribution < 1.29 is 18.0 Å². The molecule has 2 heterocycles. The summed E-state index contributed by atoms with van der Waals surface area (Å²) in [6.45, 7) is 0. The van der Waals surface area contributed by atoms with E-state index in [4.69, 9.17) is 5.73 Å². The summed E-state index contributed by atoms with van der Waals surface area (Å²) in [5, 5.41) is 1.76. The highest BCUT2D eigenvalue weighted by atomic mass is 19.4. The van der Waals surface area contributed by atoms with Gasteiger partial charge in [0.25, 0.3) is 11.5 Å². The largest absolute Gasteiger partial charge is 0.417 e. The molecule has 2 aromatic heterocycles. The predicted molar refractivity (Wildman–Crippen MR) is 66.8 cm³/mol. The number of nitrogens with zero attached hydrogens (tertiary/aromatic N) is 2. The molecule has 6 nitrogen and oxygen atoms in total. The molecule has 1 amide bonds. The Labute approximate surface area is 114 Å². The number of amides is 1. The average Bonchev–Trinajstić information content (AvgIpc) is 2.81. The van der Waals surface area contributed by atoms with Crippen LogP contribution in [0.5, 0.6) is 0 Å². The van der Waals surface area contributed by atoms with E-state index in [1.165, 1.54) is 12.1 Å². The molecule has 0 spiro atoms. The molecule has 0 radical (unpaired) electrons. The molecule has 0 atom stereocenters. The van der Waals surface area contributed by atoms with E-state index >= 15 is 0 Å². The van der Waals surface area contributed by atoms with Gasteiger partial charge in [0.1, 0.15) is 5.69 Å². The van der Waals surface area contributed by atoms with E-state index in [-0.39, 0.29) is 16.9 Å². The van der Waals surface area contributed by atoms with Crippen LogP contribution in [0.1, 0.15) is 16.1 Å². The van der Waals surface area contributed by atoms with Crippen molar-refractivity contribution in [2.24, 2.45) is 5.73 Å². The van der Waals surface area contributed by atoms with Crippen molar-refractivity contribution in [1.29, 1.82) is 0 Å². The van der Waals surface area contributed by atoms with E-state index in [9.17, 15) is 22.8 Å². The minimum Gasteiger partial charge on any atom is -0.364 e. The molecular formula is C12H7F3N4O2. The molecule has 108 valence electrons. The number of aromatic nitrogens is 3. The summed E-state index contributed by atoms with van der Waals surface area (Å²) in [5.74, 6) is -0.847. The molecule has 0 saturated carbocycles. The zero-order chi connectivity index (χ0) is 15.4. The zero-order valence-corrected chi connectivity index (χ0v) is 10.2. The van der Waals surface area contributed by atoms with Crippen LogP contribution in [0.3, 0.4) is 0 Å². The maximum Gasteiger partial charge on any atom is 0.417 e. The predicted octanol–water partition coefficient (Wildman–Crippen LogP) is 1.29. The third kappa shape index (κ3) is 1.93. The smallest absolute Gasteiger partial charge is 0.364 e. The van der Waals surface area contributed by atoms with E-state index in [0.29, 0.717) is 0 Å². The maximum absolute atomic E-state index is 13.0. The number of alkyl halides is 3. The molecule has 21 heavy (non-hydrogen) atoms. The molecule has 0 saturated heterocycles. The highest BCUT2D eigenvalue weighted by Crippen LogP contribution is 2.32. The number of rotatable bonds is 1. The van der Waals surface area contributed by atoms with Crippen LogP contribution in [0.2, 0.25) is 0 Å². The lowest BCUT2D eigenvalue weighted by Gasteiger charge is -2.09. The summed E-state index contributed by atoms with van der Waals surface area (Å²) < 4.78 is 39.7. The second-order valence-corrected chi connectivity index (χ2v) is 4.34. The lowest BCUT2D eigenvalue weighted by Crippen LogP contribution is -2.20. The average molecular weight is 296 g/mol. The fourth-order valence-electron chi connectivity index (χ4n) is 2.10. The number of halogens is 3. The van der Waals surface area contributed by atoms with Crippen molar-refractivity contribution >= 4 is 22.5 Å². The van der Waals surface area contributed by atoms with Crippen molar-refractivity contribution in [1.82, 2.24) is 14.6 Å². The normalized spacial score (nSPS) is 12.1. The van der Waals surface area contributed by atoms with Crippen LogP contribution in [-0.4, -0.2) is 20.5 Å². The van der Waals surface area contributed by atoms with E-state index in [0.717, 1.165) is 16.6 Å². The Morgan fingerprint density at radius 1 is 1.33 bits per heavy atom. The van der Waals surface area contributed by atoms with Gasteiger partial charge in [0.05, 0.1) is 16.5 Å². The number of carbonyl (C=O) groups excluding carboxylic acids is 1. The van der Waals surface area contributed by atoms with Gasteiger partial charge in [-0.2, -0.15) is 13.2 Å². The first kappa shape index (κ1) is 13.2. The maximum atomic E-state index is 13.0. The van der Waals surface area contributed by atoms with Gasteiger partial charge in [-0.25, -0.2) is 9.50 Å². The van der Waals surface area contributed by atoms with Crippen LogP contribution in [0, 0.1) is 0 Å². The van der Waals surface area contributed by atoms with E-state index in [1.54, 1.807) is 0 Å². The fraction of sp³-hybridized carbons (Fsp3) is 0.0833. The van der Waals surface area contributed by atoms with Gasteiger partial charge in [0, 0.05) is 6.07 Å². The molecule has 0 fully saturated rings. The van der Waals surface area contributed by atoms with Gasteiger partial charge in [0.15, 0.2) is 5.65 Å². The number of primary amides is 1. The first-order chi connectivity index (χ1) is 9.79. The lowest BCUT2D eigenvalue weighted by molar-refractivity contribution is -0.136. The Morgan fingerprint density at radius 2 is 2.05 bits per heavy atom. The van der Waals surface area contributed by atoms with Gasteiger partial charge in [-0.3, -0.25) is 14.7 Å². The number of fused-ring (bicyclic) bond motifs is 2. The van der Waals surface area contributed by atoms with Crippen molar-refractivity contribution in [3.63, 3.8) is 0 Å². The molecule has 3 rings (SSSR count). The number of nitrogens with one attached hydrogen (secondary N) is 1. The van der Waals surface area contributed by atoms with Crippen LogP contribution >= 0.6 is 0 Å². The van der Waals surface area contributed by atoms with Crippen molar-refractivity contribution in [3.8, 4) is 0 Å². The highest BCUT2D eigenvalue weighted by Gasteiger charge is 2.34. The van der Waals surface area contributed by atoms with Gasteiger partial charge >= 0.3 is 6.18 Å². The molecule has 0 aliphatic rings. The van der Waals surface area contributed by atoms with Gasteiger partial charge in [-0.05, 0) is 12.1 Å². The van der Waals surface area contributed by atoms with Crippen molar-refractivity contribution in [2.75, 3.05) is 0 Å². The van der Waals surface area contributed by atoms with Crippen LogP contribution in [0.25, 0.3) is 16.6 Å². The number of aromatic amines is 1. The lowest BCUT2D eigenvalue weighted by atomic mass is 10.1. The zero-order valence-electron chi connectivity index (χ0n) is 10.2. The van der Waals surface area contributed by atoms with Crippen LogP contribution in [0.4, 0.5) is 13.2 Å². The first-order valence-corrected chi connectivity index (χ1v) is 5.70. The monoisotopic (exact) mass is 296 g/mol. The summed E-state index contributed by atoms with van der Waals surface area (Å²) in [7, 11) is 0. The Kier molecular flexibility index (Phi) is 2.55. The number of benzene rings is 1. The van der Waals surface area contributed by atoms with Gasteiger partial charge in [-0.15, -0.1) is 0 Å². The van der Waals surface area contributed by atoms with Crippen molar-refractivity contribution in [3.05, 3.63) is 45.9 Å². The summed E-state index contributed by atoms with van der Waals surface area (Å²) in [4.78, 5) is 27.2. The number of carbonyl (C=O) groups is 1. The SMILES string of the molecule is NC(=O)c1cc2nc3cccc(C(F)(F)F)c3c(=O)n2[nH]1. The first-order valence-electron chi connectivity index (χ1n) is 5.70. The minimum absolute atomic E-state index is 0.0145. The van der Waals surface area contributed by atoms with Gasteiger partial charge in [-0.1, -0.05) is 6.07 Å². The van der Waals surface area contributed by atoms with E-state index in [1.807, 2.05) is 0 Å². The number of H-pyrrole nitrogens is 1. The number of hydrogen-bond acceptors (Lipinski definition) is 3. The van der Waals surface area contributed by atoms with Crippen molar-refractivity contribution in [2.45, 2.75) is 6.18 Å². The van der Waals surface area contributed by atoms with E-state index < -0.39 is 28.6 Å². The summed E-state index contributed by atoms with van der Waals surface area (Å²) in [6, 6.07) is 4.46. The second kappa shape index (κ2) is 4.08. The summed E-state index contributed by atoms with van der Waals surface area (Å²) >= 11 is 0. The molecule has 0 unspecified atom stereocenters. The van der Waals surface area contributed by atoms with Crippen LogP contribution < -0.4 is 11.3 Å². The molecule has 3 aromatic rings. The topological polar surface area (TPSA) is 93.2 Å². The Hall–Kier alpha value is -2.84. The third-order valence-electron chi connectivity index (χ3n) is 3.00. The number of nitrogens with two attached hydrogens (primary N) is 1. The number of hydrogen-bond donors (Lipinski definition) is 2. The molecule has 1 aromatic carbocycles. The van der Waals surface area contributed by atoms with Crippen LogP contribution in [-0.2, 0) is 6.18 Å². The van der Waals surface area contributed by atoms with E-state index in [2.05, 4.69) is 10.1 Å². The molecule has 0 bridgehead atoms.